The monoisotopic (exact) mass is 263 g/mol. The Morgan fingerprint density at radius 2 is 2.32 bits per heavy atom. The van der Waals surface area contributed by atoms with Gasteiger partial charge in [-0.2, -0.15) is 0 Å². The molecule has 19 heavy (non-hydrogen) atoms. The van der Waals surface area contributed by atoms with Crippen LogP contribution in [0.2, 0.25) is 0 Å². The van der Waals surface area contributed by atoms with Gasteiger partial charge in [-0.05, 0) is 19.1 Å². The number of anilines is 1. The Labute approximate surface area is 111 Å². The van der Waals surface area contributed by atoms with Crippen molar-refractivity contribution in [2.45, 2.75) is 6.92 Å². The topological polar surface area (TPSA) is 67.1 Å². The zero-order valence-electron chi connectivity index (χ0n) is 11.0. The molecule has 2 rings (SSSR count). The molecular formula is C13H17N3O3. The van der Waals surface area contributed by atoms with E-state index in [2.05, 4.69) is 4.98 Å². The maximum absolute atomic E-state index is 11.4. The quantitative estimate of drug-likeness (QED) is 0.800. The lowest BCUT2D eigenvalue weighted by Crippen LogP contribution is -2.25. The minimum Gasteiger partial charge on any atom is -0.476 e. The number of carboxylic acid groups (broad SMARTS) is 1. The van der Waals surface area contributed by atoms with E-state index in [0.29, 0.717) is 31.2 Å². The van der Waals surface area contributed by atoms with Gasteiger partial charge in [0.05, 0.1) is 6.61 Å². The number of pyridine rings is 1. The molecule has 0 saturated heterocycles. The average molecular weight is 263 g/mol. The lowest BCUT2D eigenvalue weighted by molar-refractivity contribution is 0.0690. The molecule has 6 nitrogen and oxygen atoms in total. The molecule has 0 aliphatic heterocycles. The molecule has 0 radical (unpaired) electrons. The van der Waals surface area contributed by atoms with Crippen LogP contribution >= 0.6 is 0 Å². The van der Waals surface area contributed by atoms with Crippen molar-refractivity contribution in [1.29, 1.82) is 0 Å². The van der Waals surface area contributed by atoms with Crippen molar-refractivity contribution < 1.29 is 14.6 Å². The van der Waals surface area contributed by atoms with Crippen molar-refractivity contribution in [3.8, 4) is 0 Å². The third-order valence-corrected chi connectivity index (χ3v) is 2.85. The maximum atomic E-state index is 11.4. The summed E-state index contributed by atoms with van der Waals surface area (Å²) in [5.41, 5.74) is 0.799. The first-order valence-electron chi connectivity index (χ1n) is 6.14. The Morgan fingerprint density at radius 3 is 3.00 bits per heavy atom. The smallest absolute Gasteiger partial charge is 0.356 e. The van der Waals surface area contributed by atoms with Gasteiger partial charge in [-0.25, -0.2) is 9.78 Å². The molecule has 0 aromatic carbocycles. The molecule has 0 amide bonds. The van der Waals surface area contributed by atoms with Crippen LogP contribution in [0.1, 0.15) is 17.4 Å². The van der Waals surface area contributed by atoms with Gasteiger partial charge in [-0.15, -0.1) is 0 Å². The minimum absolute atomic E-state index is 0.176. The third-order valence-electron chi connectivity index (χ3n) is 2.85. The highest BCUT2D eigenvalue weighted by molar-refractivity contribution is 5.93. The minimum atomic E-state index is -0.989. The van der Waals surface area contributed by atoms with Crippen LogP contribution in [0.4, 0.5) is 5.82 Å². The van der Waals surface area contributed by atoms with E-state index in [4.69, 9.17) is 4.74 Å². The SMILES string of the molecule is CCOCCN(C)c1nc2ccccn2c1C(=O)O. The lowest BCUT2D eigenvalue weighted by atomic mass is 10.4. The van der Waals surface area contributed by atoms with E-state index in [9.17, 15) is 9.90 Å². The Hall–Kier alpha value is -2.08. The van der Waals surface area contributed by atoms with Gasteiger partial charge in [0.25, 0.3) is 0 Å². The van der Waals surface area contributed by atoms with Crippen LogP contribution in [0.5, 0.6) is 0 Å². The first-order valence-corrected chi connectivity index (χ1v) is 6.14. The molecule has 0 unspecified atom stereocenters. The summed E-state index contributed by atoms with van der Waals surface area (Å²) in [4.78, 5) is 17.6. The molecule has 2 heterocycles. The van der Waals surface area contributed by atoms with Gasteiger partial charge in [0.15, 0.2) is 11.5 Å². The zero-order chi connectivity index (χ0) is 13.8. The van der Waals surface area contributed by atoms with E-state index in [0.717, 1.165) is 0 Å². The molecule has 2 aromatic rings. The predicted molar refractivity (Wildman–Crippen MR) is 71.9 cm³/mol. The van der Waals surface area contributed by atoms with Crippen molar-refractivity contribution in [2.24, 2.45) is 0 Å². The lowest BCUT2D eigenvalue weighted by Gasteiger charge is -2.16. The van der Waals surface area contributed by atoms with Crippen LogP contribution in [-0.2, 0) is 4.74 Å². The van der Waals surface area contributed by atoms with Gasteiger partial charge in [-0.1, -0.05) is 6.07 Å². The fraction of sp³-hybridized carbons (Fsp3) is 0.385. The summed E-state index contributed by atoms with van der Waals surface area (Å²) >= 11 is 0. The molecule has 0 bridgehead atoms. The summed E-state index contributed by atoms with van der Waals surface area (Å²) < 4.78 is 6.85. The predicted octanol–water partition coefficient (Wildman–Crippen LogP) is 1.51. The molecule has 102 valence electrons. The Balaban J connectivity index is 2.36. The molecule has 2 aromatic heterocycles. The maximum Gasteiger partial charge on any atom is 0.356 e. The van der Waals surface area contributed by atoms with E-state index in [1.807, 2.05) is 20.0 Å². The summed E-state index contributed by atoms with van der Waals surface area (Å²) in [5, 5.41) is 9.35. The van der Waals surface area contributed by atoms with Gasteiger partial charge in [-0.3, -0.25) is 4.40 Å². The molecule has 1 N–H and O–H groups in total. The number of carbonyl (C=O) groups is 1. The number of fused-ring (bicyclic) bond motifs is 1. The number of aromatic nitrogens is 2. The van der Waals surface area contributed by atoms with Crippen LogP contribution in [0, 0.1) is 0 Å². The summed E-state index contributed by atoms with van der Waals surface area (Å²) in [5.74, 6) is -0.532. The molecule has 0 aliphatic carbocycles. The van der Waals surface area contributed by atoms with Crippen molar-refractivity contribution in [2.75, 3.05) is 31.7 Å². The van der Waals surface area contributed by atoms with Gasteiger partial charge in [0.1, 0.15) is 5.65 Å². The molecule has 0 fully saturated rings. The largest absolute Gasteiger partial charge is 0.476 e. The molecular weight excluding hydrogens is 246 g/mol. The molecule has 0 aliphatic rings. The van der Waals surface area contributed by atoms with Gasteiger partial charge < -0.3 is 14.7 Å². The van der Waals surface area contributed by atoms with Gasteiger partial charge in [0, 0.05) is 26.4 Å². The van der Waals surface area contributed by atoms with Gasteiger partial charge >= 0.3 is 5.97 Å². The van der Waals surface area contributed by atoms with E-state index >= 15 is 0 Å². The summed E-state index contributed by atoms with van der Waals surface area (Å²) in [6.07, 6.45) is 1.70. The number of nitrogens with zero attached hydrogens (tertiary/aromatic N) is 3. The van der Waals surface area contributed by atoms with Crippen LogP contribution in [0.3, 0.4) is 0 Å². The van der Waals surface area contributed by atoms with E-state index < -0.39 is 5.97 Å². The standard InChI is InChI=1S/C13H17N3O3/c1-3-19-9-8-15(2)12-11(13(17)18)16-7-5-4-6-10(16)14-12/h4-7H,3,8-9H2,1-2H3,(H,17,18). The summed E-state index contributed by atoms with van der Waals surface area (Å²) in [6.45, 7) is 3.70. The first-order chi connectivity index (χ1) is 9.15. The van der Waals surface area contributed by atoms with E-state index in [1.165, 1.54) is 0 Å². The van der Waals surface area contributed by atoms with Crippen LogP contribution < -0.4 is 4.90 Å². The zero-order valence-corrected chi connectivity index (χ0v) is 11.0. The molecule has 0 saturated carbocycles. The fourth-order valence-electron chi connectivity index (χ4n) is 1.90. The number of likely N-dealkylation sites (N-methyl/N-ethyl adjacent to an activating group) is 1. The number of imidazole rings is 1. The molecule has 6 heteroatoms. The number of aromatic carboxylic acids is 1. The fourth-order valence-corrected chi connectivity index (χ4v) is 1.90. The normalized spacial score (nSPS) is 10.8. The summed E-state index contributed by atoms with van der Waals surface area (Å²) in [7, 11) is 1.81. The van der Waals surface area contributed by atoms with Crippen molar-refractivity contribution in [3.63, 3.8) is 0 Å². The van der Waals surface area contributed by atoms with Gasteiger partial charge in [0.2, 0.25) is 0 Å². The summed E-state index contributed by atoms with van der Waals surface area (Å²) in [6, 6.07) is 5.40. The Kier molecular flexibility index (Phi) is 4.01. The van der Waals surface area contributed by atoms with Crippen LogP contribution in [0.25, 0.3) is 5.65 Å². The van der Waals surface area contributed by atoms with Crippen LogP contribution in [0.15, 0.2) is 24.4 Å². The Morgan fingerprint density at radius 1 is 1.53 bits per heavy atom. The second-order valence-corrected chi connectivity index (χ2v) is 4.14. The average Bonchev–Trinajstić information content (AvgIpc) is 2.78. The molecule has 0 atom stereocenters. The second-order valence-electron chi connectivity index (χ2n) is 4.14. The van der Waals surface area contributed by atoms with E-state index in [-0.39, 0.29) is 5.69 Å². The van der Waals surface area contributed by atoms with Crippen molar-refractivity contribution in [1.82, 2.24) is 9.38 Å². The van der Waals surface area contributed by atoms with Crippen molar-refractivity contribution in [3.05, 3.63) is 30.1 Å². The van der Waals surface area contributed by atoms with E-state index in [1.54, 1.807) is 27.6 Å². The number of hydrogen-bond acceptors (Lipinski definition) is 4. The number of carboxylic acids is 1. The number of rotatable bonds is 6. The number of hydrogen-bond donors (Lipinski definition) is 1. The highest BCUT2D eigenvalue weighted by atomic mass is 16.5. The van der Waals surface area contributed by atoms with Crippen LogP contribution in [-0.4, -0.2) is 47.3 Å². The second kappa shape index (κ2) is 5.71. The third kappa shape index (κ3) is 2.68. The highest BCUT2D eigenvalue weighted by Crippen LogP contribution is 2.20. The molecule has 0 spiro atoms. The first kappa shape index (κ1) is 13.4. The highest BCUT2D eigenvalue weighted by Gasteiger charge is 2.20. The Bertz CT molecular complexity index is 580. The number of ether oxygens (including phenoxy) is 1. The van der Waals surface area contributed by atoms with Crippen molar-refractivity contribution >= 4 is 17.4 Å².